The standard InChI is InChI=1S/C20H19N5O2/c21-20-16(12-17(23-24-20)15-3-1-2-4-18(15)27)13-5-8-22-19(11-13)25-9-6-14(26)7-10-25/h1-5,8,11-12,27H,6-7,9-10H2,(H2,21,24). The Morgan fingerprint density at radius 2 is 1.78 bits per heavy atom. The summed E-state index contributed by atoms with van der Waals surface area (Å²) >= 11 is 0. The Balaban J connectivity index is 1.71. The molecular formula is C20H19N5O2. The van der Waals surface area contributed by atoms with Crippen LogP contribution in [0, 0.1) is 0 Å². The Hall–Kier alpha value is -3.48. The smallest absolute Gasteiger partial charge is 0.154 e. The zero-order chi connectivity index (χ0) is 18.8. The largest absolute Gasteiger partial charge is 0.507 e. The maximum absolute atomic E-state index is 11.5. The maximum atomic E-state index is 11.5. The lowest BCUT2D eigenvalue weighted by molar-refractivity contribution is -0.119. The zero-order valence-electron chi connectivity index (χ0n) is 14.7. The minimum absolute atomic E-state index is 0.135. The first-order valence-electron chi connectivity index (χ1n) is 8.76. The molecule has 0 radical (unpaired) electrons. The number of Topliss-reactive ketones (excluding diaryl/α,β-unsaturated/α-hetero) is 1. The molecule has 3 aromatic rings. The van der Waals surface area contributed by atoms with Crippen LogP contribution < -0.4 is 10.6 Å². The van der Waals surface area contributed by atoms with Gasteiger partial charge < -0.3 is 15.7 Å². The van der Waals surface area contributed by atoms with Crippen LogP contribution >= 0.6 is 0 Å². The van der Waals surface area contributed by atoms with E-state index in [2.05, 4.69) is 20.1 Å². The van der Waals surface area contributed by atoms with Crippen molar-refractivity contribution in [1.82, 2.24) is 15.2 Å². The number of aromatic nitrogens is 3. The van der Waals surface area contributed by atoms with E-state index < -0.39 is 0 Å². The fourth-order valence-electron chi connectivity index (χ4n) is 3.20. The van der Waals surface area contributed by atoms with E-state index in [0.29, 0.717) is 43.0 Å². The molecule has 1 aliphatic rings. The average Bonchev–Trinajstić information content (AvgIpc) is 2.70. The van der Waals surface area contributed by atoms with E-state index in [-0.39, 0.29) is 11.5 Å². The van der Waals surface area contributed by atoms with Crippen LogP contribution in [0.2, 0.25) is 0 Å². The van der Waals surface area contributed by atoms with Gasteiger partial charge in [0, 0.05) is 43.3 Å². The molecule has 0 saturated carbocycles. The van der Waals surface area contributed by atoms with Crippen molar-refractivity contribution in [2.45, 2.75) is 12.8 Å². The fraction of sp³-hybridized carbons (Fsp3) is 0.200. The van der Waals surface area contributed by atoms with Crippen LogP contribution in [0.25, 0.3) is 22.4 Å². The van der Waals surface area contributed by atoms with E-state index in [0.717, 1.165) is 16.9 Å². The number of aromatic hydroxyl groups is 1. The van der Waals surface area contributed by atoms with Gasteiger partial charge in [0.25, 0.3) is 0 Å². The normalized spacial score (nSPS) is 14.4. The van der Waals surface area contributed by atoms with Crippen molar-refractivity contribution >= 4 is 17.4 Å². The highest BCUT2D eigenvalue weighted by molar-refractivity contribution is 5.82. The van der Waals surface area contributed by atoms with Gasteiger partial charge in [0.1, 0.15) is 17.4 Å². The number of phenols is 1. The molecule has 0 bridgehead atoms. The van der Waals surface area contributed by atoms with Crippen LogP contribution in [0.1, 0.15) is 12.8 Å². The van der Waals surface area contributed by atoms with Crippen molar-refractivity contribution in [3.63, 3.8) is 0 Å². The highest BCUT2D eigenvalue weighted by Gasteiger charge is 2.18. The van der Waals surface area contributed by atoms with Crippen molar-refractivity contribution in [3.05, 3.63) is 48.7 Å². The first-order valence-corrected chi connectivity index (χ1v) is 8.76. The number of anilines is 2. The van der Waals surface area contributed by atoms with Crippen molar-refractivity contribution < 1.29 is 9.90 Å². The van der Waals surface area contributed by atoms with E-state index >= 15 is 0 Å². The number of carbonyl (C=O) groups is 1. The second-order valence-electron chi connectivity index (χ2n) is 6.47. The number of phenolic OH excluding ortho intramolecular Hbond substituents is 1. The number of pyridine rings is 1. The van der Waals surface area contributed by atoms with Crippen LogP contribution in [-0.2, 0) is 4.79 Å². The summed E-state index contributed by atoms with van der Waals surface area (Å²) in [6.45, 7) is 1.34. The van der Waals surface area contributed by atoms with E-state index in [1.165, 1.54) is 0 Å². The second-order valence-corrected chi connectivity index (χ2v) is 6.47. The number of nitrogens with zero attached hydrogens (tertiary/aromatic N) is 4. The molecule has 1 aliphatic heterocycles. The lowest BCUT2D eigenvalue weighted by Crippen LogP contribution is -2.34. The second kappa shape index (κ2) is 7.03. The molecule has 136 valence electrons. The summed E-state index contributed by atoms with van der Waals surface area (Å²) in [5.74, 6) is 1.54. The van der Waals surface area contributed by atoms with Gasteiger partial charge in [0.15, 0.2) is 5.82 Å². The molecule has 7 heteroatoms. The van der Waals surface area contributed by atoms with Crippen LogP contribution in [0.4, 0.5) is 11.6 Å². The maximum Gasteiger partial charge on any atom is 0.154 e. The van der Waals surface area contributed by atoms with Crippen LogP contribution in [0.3, 0.4) is 0 Å². The molecule has 0 amide bonds. The van der Waals surface area contributed by atoms with Gasteiger partial charge in [0.05, 0.1) is 5.69 Å². The van der Waals surface area contributed by atoms with Crippen molar-refractivity contribution in [3.8, 4) is 28.1 Å². The lowest BCUT2D eigenvalue weighted by atomic mass is 10.0. The van der Waals surface area contributed by atoms with Crippen molar-refractivity contribution in [1.29, 1.82) is 0 Å². The van der Waals surface area contributed by atoms with Crippen molar-refractivity contribution in [2.75, 3.05) is 23.7 Å². The Bertz CT molecular complexity index is 995. The number of benzene rings is 1. The summed E-state index contributed by atoms with van der Waals surface area (Å²) in [5, 5.41) is 18.3. The van der Waals surface area contributed by atoms with Crippen LogP contribution in [0.15, 0.2) is 48.7 Å². The third kappa shape index (κ3) is 3.44. The number of nitrogens with two attached hydrogens (primary N) is 1. The monoisotopic (exact) mass is 361 g/mol. The predicted octanol–water partition coefficient (Wildman–Crippen LogP) is 2.66. The SMILES string of the molecule is Nc1nnc(-c2ccccc2O)cc1-c1ccnc(N2CCC(=O)CC2)c1. The minimum Gasteiger partial charge on any atom is -0.507 e. The third-order valence-electron chi connectivity index (χ3n) is 4.70. The molecule has 0 spiro atoms. The Morgan fingerprint density at radius 3 is 2.56 bits per heavy atom. The number of nitrogen functional groups attached to an aromatic ring is 1. The van der Waals surface area contributed by atoms with Gasteiger partial charge >= 0.3 is 0 Å². The molecule has 3 heterocycles. The van der Waals surface area contributed by atoms with Gasteiger partial charge in [-0.3, -0.25) is 4.79 Å². The molecular weight excluding hydrogens is 342 g/mol. The van der Waals surface area contributed by atoms with Gasteiger partial charge in [-0.1, -0.05) is 12.1 Å². The number of hydrogen-bond acceptors (Lipinski definition) is 7. The predicted molar refractivity (Wildman–Crippen MR) is 103 cm³/mol. The molecule has 0 atom stereocenters. The van der Waals surface area contributed by atoms with Gasteiger partial charge in [-0.15, -0.1) is 10.2 Å². The Labute approximate surface area is 156 Å². The summed E-state index contributed by atoms with van der Waals surface area (Å²) in [6, 6.07) is 12.6. The number of hydrogen-bond donors (Lipinski definition) is 2. The Kier molecular flexibility index (Phi) is 4.42. The lowest BCUT2D eigenvalue weighted by Gasteiger charge is -2.27. The first kappa shape index (κ1) is 17.0. The molecule has 1 fully saturated rings. The molecule has 0 aliphatic carbocycles. The first-order chi connectivity index (χ1) is 13.1. The van der Waals surface area contributed by atoms with Gasteiger partial charge in [-0.25, -0.2) is 4.98 Å². The fourth-order valence-corrected chi connectivity index (χ4v) is 3.20. The summed E-state index contributed by atoms with van der Waals surface area (Å²) in [7, 11) is 0. The number of rotatable bonds is 3. The number of para-hydroxylation sites is 1. The zero-order valence-corrected chi connectivity index (χ0v) is 14.7. The van der Waals surface area contributed by atoms with E-state index in [4.69, 9.17) is 5.73 Å². The third-order valence-corrected chi connectivity index (χ3v) is 4.70. The molecule has 3 N–H and O–H groups in total. The molecule has 2 aromatic heterocycles. The van der Waals surface area contributed by atoms with Crippen LogP contribution in [0.5, 0.6) is 5.75 Å². The van der Waals surface area contributed by atoms with Gasteiger partial charge in [0.2, 0.25) is 0 Å². The number of ketones is 1. The van der Waals surface area contributed by atoms with E-state index in [9.17, 15) is 9.90 Å². The number of carbonyl (C=O) groups excluding carboxylic acids is 1. The minimum atomic E-state index is 0.135. The van der Waals surface area contributed by atoms with E-state index in [1.54, 1.807) is 24.4 Å². The quantitative estimate of drug-likeness (QED) is 0.739. The molecule has 1 aromatic carbocycles. The summed E-state index contributed by atoms with van der Waals surface area (Å²) in [6.07, 6.45) is 2.81. The average molecular weight is 361 g/mol. The summed E-state index contributed by atoms with van der Waals surface area (Å²) in [4.78, 5) is 18.0. The number of piperidine rings is 1. The van der Waals surface area contributed by atoms with Crippen molar-refractivity contribution in [2.24, 2.45) is 0 Å². The summed E-state index contributed by atoms with van der Waals surface area (Å²) in [5.41, 5.74) is 8.79. The van der Waals surface area contributed by atoms with Crippen LogP contribution in [-0.4, -0.2) is 39.2 Å². The van der Waals surface area contributed by atoms with Gasteiger partial charge in [-0.05, 0) is 35.9 Å². The summed E-state index contributed by atoms with van der Waals surface area (Å²) < 4.78 is 0. The Morgan fingerprint density at radius 1 is 1.00 bits per heavy atom. The molecule has 7 nitrogen and oxygen atoms in total. The molecule has 0 unspecified atom stereocenters. The topological polar surface area (TPSA) is 105 Å². The molecule has 27 heavy (non-hydrogen) atoms. The highest BCUT2D eigenvalue weighted by atomic mass is 16.3. The molecule has 4 rings (SSSR count). The van der Waals surface area contributed by atoms with E-state index in [1.807, 2.05) is 24.3 Å². The highest BCUT2D eigenvalue weighted by Crippen LogP contribution is 2.33. The molecule has 1 saturated heterocycles. The van der Waals surface area contributed by atoms with Gasteiger partial charge in [-0.2, -0.15) is 0 Å².